The van der Waals surface area contributed by atoms with Crippen molar-refractivity contribution < 1.29 is 9.53 Å². The Kier molecular flexibility index (Phi) is 4.24. The molecule has 0 spiro atoms. The Hall–Kier alpha value is -1.07. The van der Waals surface area contributed by atoms with Gasteiger partial charge in [0.1, 0.15) is 10.6 Å². The summed E-state index contributed by atoms with van der Waals surface area (Å²) >= 11 is 1.44. The van der Waals surface area contributed by atoms with E-state index in [1.54, 1.807) is 7.11 Å². The Morgan fingerprint density at radius 1 is 1.67 bits per heavy atom. The SMILES string of the molecule is COc1ccsc1C(=O)N1CCCC(C(C)N)C1. The van der Waals surface area contributed by atoms with Crippen LogP contribution < -0.4 is 10.5 Å². The maximum absolute atomic E-state index is 12.4. The largest absolute Gasteiger partial charge is 0.495 e. The number of hydrogen-bond donors (Lipinski definition) is 1. The topological polar surface area (TPSA) is 55.6 Å². The predicted molar refractivity (Wildman–Crippen MR) is 73.1 cm³/mol. The minimum atomic E-state index is 0.0761. The van der Waals surface area contributed by atoms with Gasteiger partial charge in [-0.25, -0.2) is 0 Å². The van der Waals surface area contributed by atoms with E-state index in [0.29, 0.717) is 16.5 Å². The van der Waals surface area contributed by atoms with Crippen molar-refractivity contribution in [2.45, 2.75) is 25.8 Å². The molecule has 0 aliphatic carbocycles. The second-order valence-corrected chi connectivity index (χ2v) is 5.75. The quantitative estimate of drug-likeness (QED) is 0.911. The van der Waals surface area contributed by atoms with E-state index in [2.05, 4.69) is 0 Å². The number of carbonyl (C=O) groups is 1. The Morgan fingerprint density at radius 3 is 3.11 bits per heavy atom. The summed E-state index contributed by atoms with van der Waals surface area (Å²) in [6.07, 6.45) is 2.15. The molecule has 1 aliphatic heterocycles. The van der Waals surface area contributed by atoms with E-state index in [-0.39, 0.29) is 11.9 Å². The normalized spacial score (nSPS) is 21.7. The minimum Gasteiger partial charge on any atom is -0.495 e. The fourth-order valence-electron chi connectivity index (χ4n) is 2.38. The molecular weight excluding hydrogens is 248 g/mol. The molecule has 100 valence electrons. The number of nitrogens with two attached hydrogens (primary N) is 1. The number of hydrogen-bond acceptors (Lipinski definition) is 4. The standard InChI is InChI=1S/C13H20N2O2S/c1-9(14)10-4-3-6-15(8-10)13(16)12-11(17-2)5-7-18-12/h5,7,9-10H,3-4,6,8,14H2,1-2H3. The zero-order valence-corrected chi connectivity index (χ0v) is 11.7. The molecule has 1 saturated heterocycles. The Bertz CT molecular complexity index is 417. The zero-order chi connectivity index (χ0) is 13.1. The van der Waals surface area contributed by atoms with Crippen LogP contribution in [0.2, 0.25) is 0 Å². The predicted octanol–water partition coefficient (Wildman–Crippen LogP) is 1.96. The van der Waals surface area contributed by atoms with E-state index in [9.17, 15) is 4.79 Å². The van der Waals surface area contributed by atoms with Crippen molar-refractivity contribution in [3.63, 3.8) is 0 Å². The number of nitrogens with zero attached hydrogens (tertiary/aromatic N) is 1. The van der Waals surface area contributed by atoms with Gasteiger partial charge in [-0.3, -0.25) is 4.79 Å². The molecule has 5 heteroatoms. The van der Waals surface area contributed by atoms with Gasteiger partial charge in [0.2, 0.25) is 0 Å². The van der Waals surface area contributed by atoms with E-state index in [4.69, 9.17) is 10.5 Å². The average Bonchev–Trinajstić information content (AvgIpc) is 2.86. The Labute approximate surface area is 112 Å². The first-order chi connectivity index (χ1) is 8.63. The summed E-state index contributed by atoms with van der Waals surface area (Å²) in [5.41, 5.74) is 5.94. The van der Waals surface area contributed by atoms with Gasteiger partial charge in [0.15, 0.2) is 0 Å². The monoisotopic (exact) mass is 268 g/mol. The maximum Gasteiger partial charge on any atom is 0.267 e. The fourth-order valence-corrected chi connectivity index (χ4v) is 3.21. The second kappa shape index (κ2) is 5.71. The molecule has 2 heterocycles. The molecule has 0 aromatic carbocycles. The summed E-state index contributed by atoms with van der Waals surface area (Å²) in [6, 6.07) is 1.98. The number of rotatable bonds is 3. The van der Waals surface area contributed by atoms with E-state index in [1.807, 2.05) is 23.3 Å². The van der Waals surface area contributed by atoms with Crippen LogP contribution in [0.5, 0.6) is 5.75 Å². The number of piperidine rings is 1. The summed E-state index contributed by atoms with van der Waals surface area (Å²) in [4.78, 5) is 15.0. The van der Waals surface area contributed by atoms with Crippen molar-refractivity contribution in [3.8, 4) is 5.75 Å². The molecule has 0 saturated carbocycles. The molecule has 2 unspecified atom stereocenters. The van der Waals surface area contributed by atoms with Crippen LogP contribution >= 0.6 is 11.3 Å². The van der Waals surface area contributed by atoms with Crippen LogP contribution in [0.4, 0.5) is 0 Å². The highest BCUT2D eigenvalue weighted by Crippen LogP contribution is 2.28. The van der Waals surface area contributed by atoms with Crippen molar-refractivity contribution in [2.24, 2.45) is 11.7 Å². The van der Waals surface area contributed by atoms with Crippen molar-refractivity contribution in [2.75, 3.05) is 20.2 Å². The molecule has 1 aromatic rings. The van der Waals surface area contributed by atoms with E-state index in [0.717, 1.165) is 25.9 Å². The lowest BCUT2D eigenvalue weighted by atomic mass is 9.92. The Morgan fingerprint density at radius 2 is 2.44 bits per heavy atom. The molecule has 1 aliphatic rings. The van der Waals surface area contributed by atoms with Gasteiger partial charge >= 0.3 is 0 Å². The fraction of sp³-hybridized carbons (Fsp3) is 0.615. The molecule has 1 aromatic heterocycles. The molecule has 2 rings (SSSR count). The van der Waals surface area contributed by atoms with E-state index >= 15 is 0 Å². The first kappa shape index (κ1) is 13.4. The first-order valence-corrected chi connectivity index (χ1v) is 7.17. The molecule has 0 radical (unpaired) electrons. The van der Waals surface area contributed by atoms with Gasteiger partial charge in [0.05, 0.1) is 7.11 Å². The number of carbonyl (C=O) groups excluding carboxylic acids is 1. The molecule has 4 nitrogen and oxygen atoms in total. The van der Waals surface area contributed by atoms with Crippen molar-refractivity contribution in [1.29, 1.82) is 0 Å². The number of thiophene rings is 1. The van der Waals surface area contributed by atoms with Crippen LogP contribution in [0.25, 0.3) is 0 Å². The molecule has 2 N–H and O–H groups in total. The highest BCUT2D eigenvalue weighted by atomic mass is 32.1. The highest BCUT2D eigenvalue weighted by Gasteiger charge is 2.28. The molecule has 18 heavy (non-hydrogen) atoms. The molecule has 2 atom stereocenters. The summed E-state index contributed by atoms with van der Waals surface area (Å²) in [5.74, 6) is 1.16. The molecule has 0 bridgehead atoms. The van der Waals surface area contributed by atoms with E-state index in [1.165, 1.54) is 11.3 Å². The van der Waals surface area contributed by atoms with E-state index < -0.39 is 0 Å². The summed E-state index contributed by atoms with van der Waals surface area (Å²) in [7, 11) is 1.60. The van der Waals surface area contributed by atoms with Crippen LogP contribution in [0.3, 0.4) is 0 Å². The van der Waals surface area contributed by atoms with Gasteiger partial charge in [-0.1, -0.05) is 0 Å². The third kappa shape index (κ3) is 2.67. The second-order valence-electron chi connectivity index (χ2n) is 4.83. The van der Waals surface area contributed by atoms with Crippen molar-refractivity contribution >= 4 is 17.2 Å². The third-order valence-corrected chi connectivity index (χ3v) is 4.42. The summed E-state index contributed by atoms with van der Waals surface area (Å²) in [5, 5.41) is 1.89. The molecule has 1 amide bonds. The van der Waals surface area contributed by atoms with Crippen LogP contribution in [-0.2, 0) is 0 Å². The van der Waals surface area contributed by atoms with Gasteiger partial charge in [-0.05, 0) is 37.1 Å². The van der Waals surface area contributed by atoms with Crippen LogP contribution in [0.15, 0.2) is 11.4 Å². The van der Waals surface area contributed by atoms with Gasteiger partial charge < -0.3 is 15.4 Å². The van der Waals surface area contributed by atoms with Gasteiger partial charge in [-0.15, -0.1) is 11.3 Å². The smallest absolute Gasteiger partial charge is 0.267 e. The Balaban J connectivity index is 2.09. The molecule has 1 fully saturated rings. The number of ether oxygens (including phenoxy) is 1. The maximum atomic E-state index is 12.4. The van der Waals surface area contributed by atoms with Crippen LogP contribution in [-0.4, -0.2) is 37.0 Å². The lowest BCUT2D eigenvalue weighted by Crippen LogP contribution is -2.44. The number of likely N-dealkylation sites (tertiary alicyclic amines) is 1. The zero-order valence-electron chi connectivity index (χ0n) is 10.9. The molecular formula is C13H20N2O2S. The van der Waals surface area contributed by atoms with Crippen molar-refractivity contribution in [3.05, 3.63) is 16.3 Å². The van der Waals surface area contributed by atoms with Gasteiger partial charge in [0.25, 0.3) is 5.91 Å². The number of methoxy groups -OCH3 is 1. The average molecular weight is 268 g/mol. The lowest BCUT2D eigenvalue weighted by Gasteiger charge is -2.34. The third-order valence-electron chi connectivity index (χ3n) is 3.53. The minimum absolute atomic E-state index is 0.0761. The first-order valence-electron chi connectivity index (χ1n) is 6.29. The summed E-state index contributed by atoms with van der Waals surface area (Å²) in [6.45, 7) is 3.60. The van der Waals surface area contributed by atoms with Crippen LogP contribution in [0, 0.1) is 5.92 Å². The number of amides is 1. The summed E-state index contributed by atoms with van der Waals surface area (Å²) < 4.78 is 5.21. The van der Waals surface area contributed by atoms with Crippen LogP contribution in [0.1, 0.15) is 29.4 Å². The van der Waals surface area contributed by atoms with Gasteiger partial charge in [0, 0.05) is 19.1 Å². The van der Waals surface area contributed by atoms with Gasteiger partial charge in [-0.2, -0.15) is 0 Å². The van der Waals surface area contributed by atoms with Crippen molar-refractivity contribution in [1.82, 2.24) is 4.90 Å². The lowest BCUT2D eigenvalue weighted by molar-refractivity contribution is 0.0663. The highest BCUT2D eigenvalue weighted by molar-refractivity contribution is 7.12.